The van der Waals surface area contributed by atoms with Crippen LogP contribution in [0.3, 0.4) is 0 Å². The second-order valence-electron chi connectivity index (χ2n) is 8.09. The summed E-state index contributed by atoms with van der Waals surface area (Å²) in [6.45, 7) is 2.01. The number of hydrogen-bond acceptors (Lipinski definition) is 8. The van der Waals surface area contributed by atoms with Crippen molar-refractivity contribution in [3.63, 3.8) is 0 Å². The van der Waals surface area contributed by atoms with Crippen LogP contribution in [0.2, 0.25) is 5.02 Å². The Morgan fingerprint density at radius 3 is 2.79 bits per heavy atom. The first-order valence-corrected chi connectivity index (χ1v) is 11.5. The summed E-state index contributed by atoms with van der Waals surface area (Å²) in [7, 11) is 0. The van der Waals surface area contributed by atoms with Crippen molar-refractivity contribution in [1.29, 1.82) is 0 Å². The number of nitrogens with zero attached hydrogens (tertiary/aromatic N) is 8. The predicted octanol–water partition coefficient (Wildman–Crippen LogP) is 3.39. The summed E-state index contributed by atoms with van der Waals surface area (Å²) in [6.07, 6.45) is 8.36. The molecule has 170 valence electrons. The summed E-state index contributed by atoms with van der Waals surface area (Å²) in [5.41, 5.74) is 3.34. The minimum Gasteiger partial charge on any atom is -0.324 e. The van der Waals surface area contributed by atoms with Crippen LogP contribution in [0, 0.1) is 5.95 Å². The summed E-state index contributed by atoms with van der Waals surface area (Å²) in [6, 6.07) is 2.86. The smallest absolute Gasteiger partial charge is 0.235 e. The molecule has 10 nitrogen and oxygen atoms in total. The molecule has 1 aliphatic carbocycles. The molecule has 0 fully saturated rings. The van der Waals surface area contributed by atoms with Gasteiger partial charge in [0.05, 0.1) is 46.4 Å². The number of rotatable bonds is 4. The van der Waals surface area contributed by atoms with E-state index < -0.39 is 17.3 Å². The number of nitrogens with one attached hydrogen (secondary N) is 1. The fourth-order valence-electron chi connectivity index (χ4n) is 4.48. The van der Waals surface area contributed by atoms with E-state index in [0.29, 0.717) is 29.1 Å². The van der Waals surface area contributed by atoms with Gasteiger partial charge in [-0.05, 0) is 19.4 Å². The van der Waals surface area contributed by atoms with Gasteiger partial charge < -0.3 is 5.32 Å². The van der Waals surface area contributed by atoms with Crippen molar-refractivity contribution >= 4 is 40.2 Å². The largest absolute Gasteiger partial charge is 0.324 e. The summed E-state index contributed by atoms with van der Waals surface area (Å²) >= 11 is 7.83. The van der Waals surface area contributed by atoms with Gasteiger partial charge in [-0.15, -0.1) is 21.2 Å². The van der Waals surface area contributed by atoms with Crippen molar-refractivity contribution < 1.29 is 9.18 Å². The Balaban J connectivity index is 1.38. The maximum atomic E-state index is 14.0. The van der Waals surface area contributed by atoms with E-state index in [0.717, 1.165) is 10.6 Å². The molecule has 0 spiro atoms. The van der Waals surface area contributed by atoms with E-state index in [4.69, 9.17) is 11.6 Å². The van der Waals surface area contributed by atoms with E-state index in [9.17, 15) is 9.18 Å². The quantitative estimate of drug-likeness (QED) is 0.406. The van der Waals surface area contributed by atoms with Gasteiger partial charge in [0.25, 0.3) is 0 Å². The van der Waals surface area contributed by atoms with Crippen LogP contribution in [0.4, 0.5) is 10.1 Å². The molecule has 2 unspecified atom stereocenters. The third-order valence-electron chi connectivity index (χ3n) is 5.98. The number of fused-ring (bicyclic) bond motifs is 3. The zero-order valence-electron chi connectivity index (χ0n) is 17.6. The first-order chi connectivity index (χ1) is 16.4. The molecule has 5 heterocycles. The van der Waals surface area contributed by atoms with Gasteiger partial charge in [0.1, 0.15) is 0 Å². The number of hydrogen-bond donors (Lipinski definition) is 1. The Kier molecular flexibility index (Phi) is 4.67. The summed E-state index contributed by atoms with van der Waals surface area (Å²) in [5, 5.41) is 15.2. The SMILES string of the molecule is CC1(c2cncs2)CC(C(=O)Nc2cnc(-n3nccn3)c(Cl)c2)c2cnc3cc(F)nn3c21. The Morgan fingerprint density at radius 1 is 1.24 bits per heavy atom. The van der Waals surface area contributed by atoms with Crippen LogP contribution < -0.4 is 5.32 Å². The molecular weight excluding hydrogens is 481 g/mol. The summed E-state index contributed by atoms with van der Waals surface area (Å²) in [5.74, 6) is -1.10. The number of carbonyl (C=O) groups is 1. The summed E-state index contributed by atoms with van der Waals surface area (Å²) in [4.78, 5) is 28.5. The van der Waals surface area contributed by atoms with E-state index in [1.165, 1.54) is 45.3 Å². The predicted molar refractivity (Wildman–Crippen MR) is 122 cm³/mol. The van der Waals surface area contributed by atoms with Gasteiger partial charge in [-0.3, -0.25) is 9.78 Å². The minimum atomic E-state index is -0.632. The Bertz CT molecular complexity index is 1540. The van der Waals surface area contributed by atoms with Crippen LogP contribution in [-0.2, 0) is 10.2 Å². The van der Waals surface area contributed by atoms with Crippen LogP contribution in [-0.4, -0.2) is 45.5 Å². The topological polar surface area (TPSA) is 116 Å². The molecule has 1 amide bonds. The molecule has 0 saturated carbocycles. The van der Waals surface area contributed by atoms with Crippen LogP contribution in [0.1, 0.15) is 35.4 Å². The van der Waals surface area contributed by atoms with Crippen molar-refractivity contribution in [2.45, 2.75) is 24.7 Å². The second kappa shape index (κ2) is 7.64. The van der Waals surface area contributed by atoms with Crippen LogP contribution in [0.15, 0.2) is 48.6 Å². The highest BCUT2D eigenvalue weighted by Crippen LogP contribution is 2.50. The average molecular weight is 496 g/mol. The van der Waals surface area contributed by atoms with Crippen molar-refractivity contribution in [2.75, 3.05) is 5.32 Å². The molecule has 13 heteroatoms. The number of thiazole rings is 1. The molecule has 0 saturated heterocycles. The van der Waals surface area contributed by atoms with E-state index in [2.05, 4.69) is 35.6 Å². The normalized spacial score (nSPS) is 19.4. The molecule has 0 aliphatic heterocycles. The fraction of sp³-hybridized carbons (Fsp3) is 0.190. The molecule has 2 atom stereocenters. The Hall–Kier alpha value is -3.77. The molecule has 0 radical (unpaired) electrons. The van der Waals surface area contributed by atoms with Gasteiger partial charge in [-0.1, -0.05) is 11.6 Å². The zero-order chi connectivity index (χ0) is 23.4. The first kappa shape index (κ1) is 20.8. The maximum absolute atomic E-state index is 14.0. The van der Waals surface area contributed by atoms with Crippen LogP contribution in [0.25, 0.3) is 11.5 Å². The molecular formula is C21H15ClFN9OS. The Labute approximate surface area is 200 Å². The van der Waals surface area contributed by atoms with E-state index in [1.54, 1.807) is 24.0 Å². The molecule has 34 heavy (non-hydrogen) atoms. The van der Waals surface area contributed by atoms with Gasteiger partial charge in [-0.25, -0.2) is 14.5 Å². The van der Waals surface area contributed by atoms with Gasteiger partial charge >= 0.3 is 0 Å². The Morgan fingerprint density at radius 2 is 2.06 bits per heavy atom. The first-order valence-electron chi connectivity index (χ1n) is 10.2. The summed E-state index contributed by atoms with van der Waals surface area (Å²) < 4.78 is 15.5. The number of pyridine rings is 1. The number of amides is 1. The standard InChI is InChI=1S/C21H15ClFN9OS/c1-21(15-9-24-10-34-15)6-12(13-8-25-17-5-16(23)30-31(17)18(13)21)20(33)29-11-4-14(22)19(26-7-11)32-27-2-3-28-32/h2-5,7-10,12H,6H2,1H3,(H,29,33). The van der Waals surface area contributed by atoms with Gasteiger partial charge in [0.2, 0.25) is 11.9 Å². The van der Waals surface area contributed by atoms with Crippen molar-refractivity contribution in [3.05, 3.63) is 75.7 Å². The highest BCUT2D eigenvalue weighted by atomic mass is 35.5. The van der Waals surface area contributed by atoms with Crippen LogP contribution >= 0.6 is 22.9 Å². The van der Waals surface area contributed by atoms with Gasteiger partial charge in [-0.2, -0.15) is 14.6 Å². The lowest BCUT2D eigenvalue weighted by molar-refractivity contribution is -0.117. The lowest BCUT2D eigenvalue weighted by Crippen LogP contribution is -2.24. The fourth-order valence-corrected chi connectivity index (χ4v) is 5.52. The third-order valence-corrected chi connectivity index (χ3v) is 7.30. The van der Waals surface area contributed by atoms with Crippen molar-refractivity contribution in [2.24, 2.45) is 0 Å². The van der Waals surface area contributed by atoms with E-state index >= 15 is 0 Å². The molecule has 5 aromatic heterocycles. The lowest BCUT2D eigenvalue weighted by Gasteiger charge is -2.24. The monoisotopic (exact) mass is 495 g/mol. The average Bonchev–Trinajstić information content (AvgIpc) is 3.60. The molecule has 6 rings (SSSR count). The zero-order valence-corrected chi connectivity index (χ0v) is 19.1. The minimum absolute atomic E-state index is 0.258. The second-order valence-corrected chi connectivity index (χ2v) is 9.38. The number of halogens is 2. The highest BCUT2D eigenvalue weighted by molar-refractivity contribution is 7.09. The molecule has 0 bridgehead atoms. The lowest BCUT2D eigenvalue weighted by atomic mass is 9.85. The number of anilines is 1. The van der Waals surface area contributed by atoms with Crippen molar-refractivity contribution in [3.8, 4) is 5.82 Å². The number of carbonyl (C=O) groups excluding carboxylic acids is 1. The van der Waals surface area contributed by atoms with Crippen LogP contribution in [0.5, 0.6) is 0 Å². The maximum Gasteiger partial charge on any atom is 0.235 e. The number of aromatic nitrogens is 8. The molecule has 1 aliphatic rings. The highest BCUT2D eigenvalue weighted by Gasteiger charge is 2.48. The van der Waals surface area contributed by atoms with Gasteiger partial charge in [0, 0.05) is 34.3 Å². The third kappa shape index (κ3) is 3.17. The molecule has 5 aromatic rings. The molecule has 0 aromatic carbocycles. The van der Waals surface area contributed by atoms with Crippen molar-refractivity contribution in [1.82, 2.24) is 39.6 Å². The molecule has 1 N–H and O–H groups in total. The van der Waals surface area contributed by atoms with Gasteiger partial charge in [0.15, 0.2) is 11.5 Å². The van der Waals surface area contributed by atoms with E-state index in [-0.39, 0.29) is 10.9 Å². The van der Waals surface area contributed by atoms with E-state index in [1.807, 2.05) is 6.92 Å².